The molecule has 1 aliphatic rings. The van der Waals surface area contributed by atoms with Gasteiger partial charge in [0.15, 0.2) is 0 Å². The van der Waals surface area contributed by atoms with Crippen LogP contribution >= 0.6 is 12.2 Å². The normalized spacial score (nSPS) is 17.9. The molecule has 1 nitrogen and oxygen atoms in total. The van der Waals surface area contributed by atoms with Gasteiger partial charge in [-0.3, -0.25) is 0 Å². The van der Waals surface area contributed by atoms with E-state index in [0.717, 1.165) is 11.5 Å². The zero-order chi connectivity index (χ0) is 9.52. The highest BCUT2D eigenvalue weighted by Gasteiger charge is 2.34. The Bertz CT molecular complexity index is 241. The van der Waals surface area contributed by atoms with Gasteiger partial charge in [0.05, 0.1) is 0 Å². The third-order valence-corrected chi connectivity index (χ3v) is 2.70. The second-order valence-corrected chi connectivity index (χ2v) is 4.93. The van der Waals surface area contributed by atoms with Crippen LogP contribution in [-0.4, -0.2) is 22.0 Å². The Morgan fingerprint density at radius 2 is 1.83 bits per heavy atom. The van der Waals surface area contributed by atoms with Gasteiger partial charge >= 0.3 is 0 Å². The lowest BCUT2D eigenvalue weighted by atomic mass is 9.94. The Kier molecular flexibility index (Phi) is 2.30. The molecule has 0 N–H and O–H groups in total. The molecule has 0 aromatic carbocycles. The molecule has 0 saturated carbocycles. The van der Waals surface area contributed by atoms with Crippen molar-refractivity contribution in [3.05, 3.63) is 11.1 Å². The molecule has 0 aliphatic carbocycles. The van der Waals surface area contributed by atoms with E-state index in [2.05, 4.69) is 39.5 Å². The topological polar surface area (TPSA) is 3.24 Å². The van der Waals surface area contributed by atoms with E-state index in [1.54, 1.807) is 0 Å². The first-order valence-corrected chi connectivity index (χ1v) is 4.73. The van der Waals surface area contributed by atoms with Crippen molar-refractivity contribution in [1.29, 1.82) is 0 Å². The van der Waals surface area contributed by atoms with Crippen molar-refractivity contribution in [1.82, 2.24) is 4.90 Å². The van der Waals surface area contributed by atoms with Gasteiger partial charge in [0, 0.05) is 17.7 Å². The van der Waals surface area contributed by atoms with Crippen molar-refractivity contribution in [2.45, 2.75) is 40.2 Å². The molecule has 1 aliphatic heterocycles. The van der Waals surface area contributed by atoms with Gasteiger partial charge in [-0.05, 0) is 34.6 Å². The number of likely N-dealkylation sites (tertiary alicyclic amines) is 1. The van der Waals surface area contributed by atoms with Crippen molar-refractivity contribution in [2.24, 2.45) is 0 Å². The summed E-state index contributed by atoms with van der Waals surface area (Å²) in [7, 11) is 0. The van der Waals surface area contributed by atoms with Gasteiger partial charge in [0.25, 0.3) is 0 Å². The monoisotopic (exact) mass is 183 g/mol. The first-order valence-electron chi connectivity index (χ1n) is 4.32. The zero-order valence-electron chi connectivity index (χ0n) is 8.56. The van der Waals surface area contributed by atoms with Gasteiger partial charge in [-0.1, -0.05) is 17.8 Å². The van der Waals surface area contributed by atoms with Crippen LogP contribution in [-0.2, 0) is 0 Å². The summed E-state index contributed by atoms with van der Waals surface area (Å²) in [6.45, 7) is 11.9. The molecule has 1 rings (SSSR count). The van der Waals surface area contributed by atoms with Crippen molar-refractivity contribution in [3.63, 3.8) is 0 Å². The second-order valence-electron chi connectivity index (χ2n) is 4.54. The third-order valence-electron chi connectivity index (χ3n) is 2.23. The predicted molar refractivity (Wildman–Crippen MR) is 57.4 cm³/mol. The number of hydrogen-bond donors (Lipinski definition) is 0. The molecule has 0 amide bonds. The highest BCUT2D eigenvalue weighted by molar-refractivity contribution is 7.80. The maximum absolute atomic E-state index is 5.32. The summed E-state index contributed by atoms with van der Waals surface area (Å²) in [6.07, 6.45) is 0. The Labute approximate surface area is 80.4 Å². The van der Waals surface area contributed by atoms with Gasteiger partial charge < -0.3 is 4.90 Å². The van der Waals surface area contributed by atoms with E-state index in [1.807, 2.05) is 0 Å². The Hall–Kier alpha value is -0.370. The van der Waals surface area contributed by atoms with Crippen molar-refractivity contribution in [3.8, 4) is 0 Å². The number of hydrogen-bond acceptors (Lipinski definition) is 1. The minimum absolute atomic E-state index is 0.191. The van der Waals surface area contributed by atoms with Crippen LogP contribution in [0, 0.1) is 0 Å². The van der Waals surface area contributed by atoms with Crippen LogP contribution in [0.3, 0.4) is 0 Å². The van der Waals surface area contributed by atoms with Crippen LogP contribution in [0.1, 0.15) is 34.6 Å². The molecule has 1 saturated heterocycles. The van der Waals surface area contributed by atoms with Crippen molar-refractivity contribution in [2.75, 3.05) is 6.54 Å². The summed E-state index contributed by atoms with van der Waals surface area (Å²) in [6, 6.07) is 0. The van der Waals surface area contributed by atoms with Crippen LogP contribution < -0.4 is 0 Å². The van der Waals surface area contributed by atoms with E-state index in [9.17, 15) is 0 Å². The molecule has 0 atom stereocenters. The first kappa shape index (κ1) is 9.72. The summed E-state index contributed by atoms with van der Waals surface area (Å²) >= 11 is 5.32. The molecule has 0 spiro atoms. The average Bonchev–Trinajstić information content (AvgIpc) is 1.80. The molecule has 1 heterocycles. The van der Waals surface area contributed by atoms with E-state index in [-0.39, 0.29) is 5.54 Å². The van der Waals surface area contributed by atoms with E-state index in [0.29, 0.717) is 0 Å². The molecule has 1 fully saturated rings. The fraction of sp³-hybridized carbons (Fsp3) is 0.700. The van der Waals surface area contributed by atoms with Gasteiger partial charge in [-0.15, -0.1) is 0 Å². The highest BCUT2D eigenvalue weighted by Crippen LogP contribution is 2.29. The Morgan fingerprint density at radius 3 is 2.08 bits per heavy atom. The van der Waals surface area contributed by atoms with Gasteiger partial charge in [0.2, 0.25) is 0 Å². The smallest absolute Gasteiger partial charge is 0.107 e. The van der Waals surface area contributed by atoms with E-state index >= 15 is 0 Å². The summed E-state index contributed by atoms with van der Waals surface area (Å²) < 4.78 is 0. The fourth-order valence-electron chi connectivity index (χ4n) is 1.28. The predicted octanol–water partition coefficient (Wildman–Crippen LogP) is 2.76. The minimum atomic E-state index is 0.191. The number of allylic oxidation sites excluding steroid dienone is 1. The molecule has 0 aromatic rings. The van der Waals surface area contributed by atoms with Crippen molar-refractivity contribution < 1.29 is 0 Å². The van der Waals surface area contributed by atoms with Crippen LogP contribution in [0.4, 0.5) is 0 Å². The largest absolute Gasteiger partial charge is 0.353 e. The van der Waals surface area contributed by atoms with Gasteiger partial charge in [0.1, 0.15) is 4.99 Å². The summed E-state index contributed by atoms with van der Waals surface area (Å²) in [5, 5.41) is 0. The maximum atomic E-state index is 5.32. The van der Waals surface area contributed by atoms with Gasteiger partial charge in [-0.25, -0.2) is 0 Å². The average molecular weight is 183 g/mol. The Balaban J connectivity index is 2.75. The molecular formula is C10H17NS. The molecule has 0 aromatic heterocycles. The molecule has 0 radical (unpaired) electrons. The van der Waals surface area contributed by atoms with Crippen molar-refractivity contribution >= 4 is 17.2 Å². The Morgan fingerprint density at radius 1 is 1.33 bits per heavy atom. The second kappa shape index (κ2) is 2.84. The van der Waals surface area contributed by atoms with Crippen LogP contribution in [0.15, 0.2) is 11.1 Å². The lowest BCUT2D eigenvalue weighted by molar-refractivity contribution is 0.233. The fourth-order valence-corrected chi connectivity index (χ4v) is 1.89. The summed E-state index contributed by atoms with van der Waals surface area (Å²) in [4.78, 5) is 3.31. The number of rotatable bonds is 0. The van der Waals surface area contributed by atoms with E-state index in [1.165, 1.54) is 11.1 Å². The quantitative estimate of drug-likeness (QED) is 0.419. The molecule has 0 bridgehead atoms. The van der Waals surface area contributed by atoms with Crippen LogP contribution in [0.5, 0.6) is 0 Å². The minimum Gasteiger partial charge on any atom is -0.353 e. The first-order chi connectivity index (χ1) is 5.34. The standard InChI is InChI=1S/C10H17NS/c1-7(2)8-6-11(9(8)12)10(3,4)5/h6H2,1-5H3. The summed E-state index contributed by atoms with van der Waals surface area (Å²) in [5.41, 5.74) is 2.91. The van der Waals surface area contributed by atoms with Crippen LogP contribution in [0.25, 0.3) is 0 Å². The third kappa shape index (κ3) is 1.53. The zero-order valence-corrected chi connectivity index (χ0v) is 9.38. The molecule has 12 heavy (non-hydrogen) atoms. The SMILES string of the molecule is CC(C)=C1CN(C(C)(C)C)C1=S. The lowest BCUT2D eigenvalue weighted by Crippen LogP contribution is -2.55. The van der Waals surface area contributed by atoms with Gasteiger partial charge in [-0.2, -0.15) is 0 Å². The van der Waals surface area contributed by atoms with Crippen LogP contribution in [0.2, 0.25) is 0 Å². The molecule has 2 heteroatoms. The maximum Gasteiger partial charge on any atom is 0.107 e. The number of nitrogens with zero attached hydrogens (tertiary/aromatic N) is 1. The molecular weight excluding hydrogens is 166 g/mol. The van der Waals surface area contributed by atoms with E-state index in [4.69, 9.17) is 12.2 Å². The summed E-state index contributed by atoms with van der Waals surface area (Å²) in [5.74, 6) is 0. The molecule has 0 unspecified atom stereocenters. The lowest BCUT2D eigenvalue weighted by Gasteiger charge is -2.47. The molecule has 68 valence electrons. The van der Waals surface area contributed by atoms with E-state index < -0.39 is 0 Å². The highest BCUT2D eigenvalue weighted by atomic mass is 32.1. The number of thiocarbonyl (C=S) groups is 1.